The van der Waals surface area contributed by atoms with Gasteiger partial charge in [-0.15, -0.1) is 0 Å². The smallest absolute Gasteiger partial charge is 0.744 e. The number of benzene rings is 2. The van der Waals surface area contributed by atoms with Crippen molar-refractivity contribution in [2.24, 2.45) is 0 Å². The van der Waals surface area contributed by atoms with Crippen LogP contribution in [0.3, 0.4) is 0 Å². The van der Waals surface area contributed by atoms with Crippen molar-refractivity contribution in [2.75, 3.05) is 0 Å². The van der Waals surface area contributed by atoms with E-state index in [0.29, 0.717) is 5.39 Å². The molecule has 0 aromatic heterocycles. The fourth-order valence-electron chi connectivity index (χ4n) is 1.97. The fourth-order valence-corrected chi connectivity index (χ4v) is 2.67. The second kappa shape index (κ2) is 6.61. The van der Waals surface area contributed by atoms with E-state index >= 15 is 0 Å². The molecule has 0 aliphatic rings. The van der Waals surface area contributed by atoms with Crippen LogP contribution in [0.1, 0.15) is 18.9 Å². The Bertz CT molecular complexity index is 650. The summed E-state index contributed by atoms with van der Waals surface area (Å²) in [5, 5.41) is 1.30. The molecule has 2 aromatic rings. The van der Waals surface area contributed by atoms with Gasteiger partial charge in [-0.2, -0.15) is 0 Å². The predicted molar refractivity (Wildman–Crippen MR) is 65.9 cm³/mol. The van der Waals surface area contributed by atoms with Gasteiger partial charge in [-0.25, -0.2) is 8.42 Å². The summed E-state index contributed by atoms with van der Waals surface area (Å²) in [7, 11) is -4.40. The van der Waals surface area contributed by atoms with E-state index in [9.17, 15) is 13.0 Å². The summed E-state index contributed by atoms with van der Waals surface area (Å²) in [6, 6.07) is 10.3. The minimum atomic E-state index is -4.40. The van der Waals surface area contributed by atoms with Gasteiger partial charge in [0.15, 0.2) is 0 Å². The fraction of sp³-hybridized carbons (Fsp3) is 0.231. The SMILES string of the molecule is CCCc1ccc2c(S(=O)(=O)[O-])cccc2c1.[K+]. The minimum absolute atomic E-state index is 0. The van der Waals surface area contributed by atoms with Crippen molar-refractivity contribution in [1.29, 1.82) is 0 Å². The van der Waals surface area contributed by atoms with Crippen LogP contribution >= 0.6 is 0 Å². The molecule has 0 spiro atoms. The van der Waals surface area contributed by atoms with Crippen molar-refractivity contribution in [3.8, 4) is 0 Å². The molecular weight excluding hydrogens is 275 g/mol. The van der Waals surface area contributed by atoms with Crippen LogP contribution in [0.25, 0.3) is 10.8 Å². The van der Waals surface area contributed by atoms with Gasteiger partial charge in [0.2, 0.25) is 0 Å². The number of fused-ring (bicyclic) bond motifs is 1. The quantitative estimate of drug-likeness (QED) is 0.575. The van der Waals surface area contributed by atoms with E-state index in [-0.39, 0.29) is 56.3 Å². The molecule has 0 saturated carbocycles. The summed E-state index contributed by atoms with van der Waals surface area (Å²) >= 11 is 0. The van der Waals surface area contributed by atoms with Crippen molar-refractivity contribution >= 4 is 20.9 Å². The molecule has 0 atom stereocenters. The molecule has 0 fully saturated rings. The topological polar surface area (TPSA) is 57.2 Å². The van der Waals surface area contributed by atoms with Gasteiger partial charge in [-0.1, -0.05) is 43.7 Å². The van der Waals surface area contributed by atoms with Crippen molar-refractivity contribution in [1.82, 2.24) is 0 Å². The van der Waals surface area contributed by atoms with Crippen LogP contribution in [0.4, 0.5) is 0 Å². The van der Waals surface area contributed by atoms with Crippen molar-refractivity contribution in [3.05, 3.63) is 42.0 Å². The number of rotatable bonds is 3. The minimum Gasteiger partial charge on any atom is -0.744 e. The molecule has 0 bridgehead atoms. The second-order valence-electron chi connectivity index (χ2n) is 4.02. The third-order valence-corrected chi connectivity index (χ3v) is 3.61. The van der Waals surface area contributed by atoms with Gasteiger partial charge < -0.3 is 4.55 Å². The molecule has 18 heavy (non-hydrogen) atoms. The van der Waals surface area contributed by atoms with Gasteiger partial charge in [0.1, 0.15) is 10.1 Å². The van der Waals surface area contributed by atoms with Crippen LogP contribution < -0.4 is 51.4 Å². The summed E-state index contributed by atoms with van der Waals surface area (Å²) in [6.07, 6.45) is 1.98. The van der Waals surface area contributed by atoms with E-state index < -0.39 is 10.1 Å². The summed E-state index contributed by atoms with van der Waals surface area (Å²) in [5.41, 5.74) is 1.15. The molecule has 0 N–H and O–H groups in total. The standard InChI is InChI=1S/C13H14O3S.K/c1-2-4-10-7-8-12-11(9-10)5-3-6-13(12)17(14,15)16;/h3,5-9H,2,4H2,1H3,(H,14,15,16);/q;+1/p-1. The maximum Gasteiger partial charge on any atom is 1.00 e. The van der Waals surface area contributed by atoms with Crippen molar-refractivity contribution in [3.63, 3.8) is 0 Å². The Kier molecular flexibility index (Phi) is 5.98. The molecular formula is C13H13KO3S. The summed E-state index contributed by atoms with van der Waals surface area (Å²) in [6.45, 7) is 2.09. The molecule has 90 valence electrons. The van der Waals surface area contributed by atoms with Crippen LogP contribution in [-0.2, 0) is 16.5 Å². The Morgan fingerprint density at radius 1 is 1.17 bits per heavy atom. The van der Waals surface area contributed by atoms with Crippen LogP contribution in [0, 0.1) is 0 Å². The zero-order valence-corrected chi connectivity index (χ0v) is 14.5. The summed E-state index contributed by atoms with van der Waals surface area (Å²) in [4.78, 5) is -0.141. The van der Waals surface area contributed by atoms with Gasteiger partial charge in [-0.05, 0) is 28.8 Å². The summed E-state index contributed by atoms with van der Waals surface area (Å²) in [5.74, 6) is 0. The third kappa shape index (κ3) is 3.63. The Morgan fingerprint density at radius 3 is 2.50 bits per heavy atom. The first-order valence-corrected chi connectivity index (χ1v) is 6.91. The normalized spacial score (nSPS) is 11.2. The van der Waals surface area contributed by atoms with Crippen LogP contribution in [0.5, 0.6) is 0 Å². The maximum atomic E-state index is 11.1. The van der Waals surface area contributed by atoms with Gasteiger partial charge in [-0.3, -0.25) is 0 Å². The van der Waals surface area contributed by atoms with Crippen LogP contribution in [0.2, 0.25) is 0 Å². The van der Waals surface area contributed by atoms with Gasteiger partial charge >= 0.3 is 51.4 Å². The first-order chi connectivity index (χ1) is 8.02. The van der Waals surface area contributed by atoms with E-state index in [0.717, 1.165) is 23.8 Å². The van der Waals surface area contributed by atoms with E-state index in [4.69, 9.17) is 0 Å². The Morgan fingerprint density at radius 2 is 1.89 bits per heavy atom. The van der Waals surface area contributed by atoms with Gasteiger partial charge in [0, 0.05) is 0 Å². The molecule has 5 heteroatoms. The molecule has 0 aliphatic carbocycles. The molecule has 3 nitrogen and oxygen atoms in total. The van der Waals surface area contributed by atoms with Gasteiger partial charge in [0.25, 0.3) is 0 Å². The van der Waals surface area contributed by atoms with Gasteiger partial charge in [0.05, 0.1) is 4.90 Å². The van der Waals surface area contributed by atoms with E-state index in [1.54, 1.807) is 12.1 Å². The number of aryl methyl sites for hydroxylation is 1. The first kappa shape index (κ1) is 16.3. The molecule has 0 heterocycles. The maximum absolute atomic E-state index is 11.1. The van der Waals surface area contributed by atoms with Crippen LogP contribution in [-0.4, -0.2) is 13.0 Å². The average Bonchev–Trinajstić information content (AvgIpc) is 2.27. The first-order valence-electron chi connectivity index (χ1n) is 5.50. The molecule has 2 aromatic carbocycles. The zero-order chi connectivity index (χ0) is 12.5. The molecule has 2 rings (SSSR count). The molecule has 0 saturated heterocycles. The predicted octanol–water partition coefficient (Wildman–Crippen LogP) is -0.300. The Hall–Kier alpha value is 0.246. The molecule has 0 amide bonds. The molecule has 0 radical (unpaired) electrons. The second-order valence-corrected chi connectivity index (χ2v) is 5.36. The Labute approximate surface area is 150 Å². The summed E-state index contributed by atoms with van der Waals surface area (Å²) < 4.78 is 33.3. The number of hydrogen-bond acceptors (Lipinski definition) is 3. The average molecular weight is 288 g/mol. The van der Waals surface area contributed by atoms with E-state index in [1.807, 2.05) is 18.2 Å². The largest absolute Gasteiger partial charge is 1.00 e. The Balaban J connectivity index is 0.00000162. The number of hydrogen-bond donors (Lipinski definition) is 0. The third-order valence-electron chi connectivity index (χ3n) is 2.71. The van der Waals surface area contributed by atoms with E-state index in [1.165, 1.54) is 6.07 Å². The van der Waals surface area contributed by atoms with Crippen LogP contribution in [0.15, 0.2) is 41.3 Å². The van der Waals surface area contributed by atoms with E-state index in [2.05, 4.69) is 6.92 Å². The van der Waals surface area contributed by atoms with Crippen molar-refractivity contribution in [2.45, 2.75) is 24.7 Å². The zero-order valence-electron chi connectivity index (χ0n) is 10.5. The van der Waals surface area contributed by atoms with Crippen molar-refractivity contribution < 1.29 is 64.4 Å². The monoisotopic (exact) mass is 288 g/mol. The molecule has 0 unspecified atom stereocenters. The molecule has 0 aliphatic heterocycles.